The lowest BCUT2D eigenvalue weighted by atomic mass is 10.1. The molecule has 1 aromatic carbocycles. The molecule has 3 aliphatic rings. The molecule has 4 rings (SSSR count). The van der Waals surface area contributed by atoms with E-state index < -0.39 is 0 Å². The van der Waals surface area contributed by atoms with E-state index >= 15 is 0 Å². The average Bonchev–Trinajstić information content (AvgIpc) is 3.42. The van der Waals surface area contributed by atoms with Gasteiger partial charge in [-0.1, -0.05) is 31.0 Å². The molecule has 0 aromatic heterocycles. The molecular weight excluding hydrogens is 328 g/mol. The lowest BCUT2D eigenvalue weighted by Crippen LogP contribution is -2.48. The zero-order valence-corrected chi connectivity index (χ0v) is 15.3. The average molecular weight is 356 g/mol. The van der Waals surface area contributed by atoms with Crippen molar-refractivity contribution >= 4 is 11.8 Å². The number of carbonyl (C=O) groups is 2. The minimum Gasteiger partial charge on any atom is -0.488 e. The number of hydrogen-bond donors (Lipinski definition) is 0. The van der Waals surface area contributed by atoms with Gasteiger partial charge >= 0.3 is 0 Å². The molecule has 140 valence electrons. The van der Waals surface area contributed by atoms with E-state index in [4.69, 9.17) is 4.74 Å². The Labute approximate surface area is 155 Å². The van der Waals surface area contributed by atoms with Gasteiger partial charge in [-0.3, -0.25) is 9.59 Å². The lowest BCUT2D eigenvalue weighted by Gasteiger charge is -2.29. The summed E-state index contributed by atoms with van der Waals surface area (Å²) in [5, 5.41) is 0. The molecule has 26 heavy (non-hydrogen) atoms. The van der Waals surface area contributed by atoms with Crippen LogP contribution in [0, 0.1) is 5.92 Å². The van der Waals surface area contributed by atoms with E-state index in [0.29, 0.717) is 13.0 Å². The molecule has 1 aromatic rings. The Kier molecular flexibility index (Phi) is 5.14. The highest BCUT2D eigenvalue weighted by atomic mass is 16.5. The first-order chi connectivity index (χ1) is 12.7. The minimum absolute atomic E-state index is 0.0966. The van der Waals surface area contributed by atoms with Gasteiger partial charge in [-0.15, -0.1) is 0 Å². The van der Waals surface area contributed by atoms with Gasteiger partial charge in [0, 0.05) is 25.4 Å². The molecule has 0 radical (unpaired) electrons. The maximum Gasteiger partial charge on any atom is 0.245 e. The Balaban J connectivity index is 1.49. The molecule has 0 N–H and O–H groups in total. The van der Waals surface area contributed by atoms with Crippen LogP contribution in [-0.2, 0) is 9.59 Å². The summed E-state index contributed by atoms with van der Waals surface area (Å²) < 4.78 is 6.10. The number of likely N-dealkylation sites (tertiary alicyclic amines) is 2. The van der Waals surface area contributed by atoms with E-state index in [0.717, 1.165) is 57.4 Å². The van der Waals surface area contributed by atoms with Crippen molar-refractivity contribution in [3.05, 3.63) is 30.3 Å². The summed E-state index contributed by atoms with van der Waals surface area (Å²) in [5.41, 5.74) is 0. The Hall–Kier alpha value is -2.04. The number of carbonyl (C=O) groups excluding carboxylic acids is 2. The number of hydrogen-bond acceptors (Lipinski definition) is 3. The highest BCUT2D eigenvalue weighted by molar-refractivity contribution is 5.89. The molecule has 3 fully saturated rings. The largest absolute Gasteiger partial charge is 0.488 e. The molecule has 0 bridgehead atoms. The van der Waals surface area contributed by atoms with E-state index in [9.17, 15) is 9.59 Å². The van der Waals surface area contributed by atoms with Gasteiger partial charge in [0.1, 0.15) is 17.9 Å². The van der Waals surface area contributed by atoms with Crippen molar-refractivity contribution in [1.82, 2.24) is 9.80 Å². The van der Waals surface area contributed by atoms with Crippen LogP contribution in [-0.4, -0.2) is 53.4 Å². The van der Waals surface area contributed by atoms with E-state index in [1.165, 1.54) is 0 Å². The summed E-state index contributed by atoms with van der Waals surface area (Å²) in [6, 6.07) is 9.35. The summed E-state index contributed by atoms with van der Waals surface area (Å²) in [6.07, 6.45) is 6.80. The van der Waals surface area contributed by atoms with Crippen molar-refractivity contribution in [2.75, 3.05) is 19.6 Å². The van der Waals surface area contributed by atoms with Crippen LogP contribution in [0.1, 0.15) is 44.9 Å². The number of nitrogens with zero attached hydrogens (tertiary/aromatic N) is 2. The molecule has 5 heteroatoms. The lowest BCUT2D eigenvalue weighted by molar-refractivity contribution is -0.145. The van der Waals surface area contributed by atoms with Gasteiger partial charge in [0.05, 0.1) is 6.54 Å². The van der Waals surface area contributed by atoms with E-state index in [2.05, 4.69) is 0 Å². The van der Waals surface area contributed by atoms with Gasteiger partial charge in [-0.2, -0.15) is 0 Å². The van der Waals surface area contributed by atoms with Gasteiger partial charge in [-0.25, -0.2) is 0 Å². The van der Waals surface area contributed by atoms with Crippen molar-refractivity contribution in [3.8, 4) is 5.75 Å². The Morgan fingerprint density at radius 3 is 2.31 bits per heavy atom. The van der Waals surface area contributed by atoms with Crippen molar-refractivity contribution in [1.29, 1.82) is 0 Å². The Bertz CT molecular complexity index is 600. The number of ether oxygens (including phenoxy) is 1. The second kappa shape index (κ2) is 7.68. The SMILES string of the molecule is O=C([C@@H]1C[C@H](Oc2ccccc2)CN1C(=O)C1CCCC1)N1CCCC1. The first-order valence-corrected chi connectivity index (χ1v) is 10.0. The van der Waals surface area contributed by atoms with Crippen LogP contribution in [0.3, 0.4) is 0 Å². The van der Waals surface area contributed by atoms with Gasteiger partial charge in [-0.05, 0) is 37.8 Å². The normalized spacial score (nSPS) is 26.5. The van der Waals surface area contributed by atoms with Crippen LogP contribution in [0.5, 0.6) is 5.75 Å². The van der Waals surface area contributed by atoms with Crippen molar-refractivity contribution in [2.45, 2.75) is 57.1 Å². The fraction of sp³-hybridized carbons (Fsp3) is 0.619. The van der Waals surface area contributed by atoms with Gasteiger partial charge in [0.2, 0.25) is 11.8 Å². The standard InChI is InChI=1S/C21H28N2O3/c24-20(16-8-4-5-9-16)23-15-18(26-17-10-2-1-3-11-17)14-19(23)21(25)22-12-6-7-13-22/h1-3,10-11,16,18-19H,4-9,12-15H2/t18-,19-/m0/s1. The first kappa shape index (κ1) is 17.4. The summed E-state index contributed by atoms with van der Waals surface area (Å²) in [7, 11) is 0. The van der Waals surface area contributed by atoms with Gasteiger partial charge in [0.15, 0.2) is 0 Å². The molecular formula is C21H28N2O3. The van der Waals surface area contributed by atoms with Crippen molar-refractivity contribution < 1.29 is 14.3 Å². The van der Waals surface area contributed by atoms with Crippen LogP contribution >= 0.6 is 0 Å². The number of amides is 2. The molecule has 2 heterocycles. The van der Waals surface area contributed by atoms with Gasteiger partial charge in [0.25, 0.3) is 0 Å². The Morgan fingerprint density at radius 2 is 1.62 bits per heavy atom. The van der Waals surface area contributed by atoms with Gasteiger partial charge < -0.3 is 14.5 Å². The molecule has 2 amide bonds. The van der Waals surface area contributed by atoms with Crippen LogP contribution in [0.25, 0.3) is 0 Å². The molecule has 2 aliphatic heterocycles. The predicted octanol–water partition coefficient (Wildman–Crippen LogP) is 2.85. The van der Waals surface area contributed by atoms with Crippen LogP contribution < -0.4 is 4.74 Å². The number of rotatable bonds is 4. The number of para-hydroxylation sites is 1. The molecule has 0 spiro atoms. The first-order valence-electron chi connectivity index (χ1n) is 10.0. The smallest absolute Gasteiger partial charge is 0.245 e. The summed E-state index contributed by atoms with van der Waals surface area (Å²) in [6.45, 7) is 2.17. The summed E-state index contributed by atoms with van der Waals surface area (Å²) >= 11 is 0. The van der Waals surface area contributed by atoms with Crippen LogP contribution in [0.2, 0.25) is 0 Å². The topological polar surface area (TPSA) is 49.9 Å². The summed E-state index contributed by atoms with van der Waals surface area (Å²) in [5.74, 6) is 1.19. The van der Waals surface area contributed by atoms with Crippen molar-refractivity contribution in [3.63, 3.8) is 0 Å². The minimum atomic E-state index is -0.352. The zero-order chi connectivity index (χ0) is 17.9. The van der Waals surface area contributed by atoms with Crippen molar-refractivity contribution in [2.24, 2.45) is 5.92 Å². The molecule has 2 atom stereocenters. The Morgan fingerprint density at radius 1 is 0.923 bits per heavy atom. The number of benzene rings is 1. The monoisotopic (exact) mass is 356 g/mol. The molecule has 1 aliphatic carbocycles. The fourth-order valence-electron chi connectivity index (χ4n) is 4.61. The predicted molar refractivity (Wildman–Crippen MR) is 98.7 cm³/mol. The third kappa shape index (κ3) is 3.57. The molecule has 5 nitrogen and oxygen atoms in total. The summed E-state index contributed by atoms with van der Waals surface area (Å²) in [4.78, 5) is 29.9. The molecule has 2 saturated heterocycles. The second-order valence-corrected chi connectivity index (χ2v) is 7.81. The van der Waals surface area contributed by atoms with Crippen LogP contribution in [0.15, 0.2) is 30.3 Å². The third-order valence-electron chi connectivity index (χ3n) is 6.00. The van der Waals surface area contributed by atoms with E-state index in [1.54, 1.807) is 0 Å². The molecule has 0 unspecified atom stereocenters. The van der Waals surface area contributed by atoms with E-state index in [-0.39, 0.29) is 29.9 Å². The zero-order valence-electron chi connectivity index (χ0n) is 15.3. The maximum atomic E-state index is 13.1. The van der Waals surface area contributed by atoms with E-state index in [1.807, 2.05) is 40.1 Å². The highest BCUT2D eigenvalue weighted by Gasteiger charge is 2.44. The third-order valence-corrected chi connectivity index (χ3v) is 6.00. The highest BCUT2D eigenvalue weighted by Crippen LogP contribution is 2.32. The quantitative estimate of drug-likeness (QED) is 0.833. The fourth-order valence-corrected chi connectivity index (χ4v) is 4.61. The maximum absolute atomic E-state index is 13.1. The molecule has 1 saturated carbocycles. The van der Waals surface area contributed by atoms with Crippen LogP contribution in [0.4, 0.5) is 0 Å². The second-order valence-electron chi connectivity index (χ2n) is 7.81.